The minimum Gasteiger partial charge on any atom is -0.444 e. The Balaban J connectivity index is 2.25. The van der Waals surface area contributed by atoms with Crippen molar-refractivity contribution in [2.75, 3.05) is 19.7 Å². The van der Waals surface area contributed by atoms with Crippen molar-refractivity contribution in [3.8, 4) is 0 Å². The minimum atomic E-state index is -0.452. The van der Waals surface area contributed by atoms with Gasteiger partial charge in [0.15, 0.2) is 0 Å². The second kappa shape index (κ2) is 5.50. The molecule has 5 nitrogen and oxygen atoms in total. The standard InChI is InChI=1S/C11H22N2O3/c1-8-9(12-5-6-15-8)7-13-10(14)16-11(2,3)4/h8-9,12H,5-7H2,1-4H3,(H,13,14)/t8-,9-/m0/s1. The zero-order valence-electron chi connectivity index (χ0n) is 10.5. The van der Waals surface area contributed by atoms with Crippen molar-refractivity contribution < 1.29 is 14.3 Å². The quantitative estimate of drug-likeness (QED) is 0.739. The fourth-order valence-corrected chi connectivity index (χ4v) is 1.52. The van der Waals surface area contributed by atoms with E-state index in [0.717, 1.165) is 13.2 Å². The first-order chi connectivity index (χ1) is 7.38. The number of carbonyl (C=O) groups is 1. The number of amides is 1. The number of ether oxygens (including phenoxy) is 2. The van der Waals surface area contributed by atoms with Crippen molar-refractivity contribution in [3.63, 3.8) is 0 Å². The summed E-state index contributed by atoms with van der Waals surface area (Å²) in [5.74, 6) is 0. The highest BCUT2D eigenvalue weighted by Gasteiger charge is 2.23. The van der Waals surface area contributed by atoms with E-state index >= 15 is 0 Å². The molecule has 16 heavy (non-hydrogen) atoms. The Morgan fingerprint density at radius 2 is 2.25 bits per heavy atom. The van der Waals surface area contributed by atoms with E-state index in [1.165, 1.54) is 0 Å². The molecule has 0 aromatic heterocycles. The summed E-state index contributed by atoms with van der Waals surface area (Å²) in [5.41, 5.74) is -0.452. The molecule has 0 aromatic carbocycles. The number of nitrogens with one attached hydrogen (secondary N) is 2. The first kappa shape index (κ1) is 13.3. The number of morpholine rings is 1. The Hall–Kier alpha value is -0.810. The van der Waals surface area contributed by atoms with Gasteiger partial charge in [0, 0.05) is 13.1 Å². The molecule has 1 amide bonds. The third kappa shape index (κ3) is 4.81. The van der Waals surface area contributed by atoms with Crippen molar-refractivity contribution in [3.05, 3.63) is 0 Å². The first-order valence-electron chi connectivity index (χ1n) is 5.70. The molecule has 94 valence electrons. The van der Waals surface area contributed by atoms with Crippen LogP contribution in [0.4, 0.5) is 4.79 Å². The lowest BCUT2D eigenvalue weighted by Crippen LogP contribution is -2.53. The zero-order valence-corrected chi connectivity index (χ0v) is 10.5. The molecule has 0 radical (unpaired) electrons. The molecule has 1 heterocycles. The predicted molar refractivity (Wildman–Crippen MR) is 61.4 cm³/mol. The molecule has 0 aromatic rings. The highest BCUT2D eigenvalue weighted by molar-refractivity contribution is 5.67. The molecular formula is C11H22N2O3. The van der Waals surface area contributed by atoms with Crippen molar-refractivity contribution >= 4 is 6.09 Å². The second-order valence-electron chi connectivity index (χ2n) is 5.02. The lowest BCUT2D eigenvalue weighted by atomic mass is 10.1. The van der Waals surface area contributed by atoms with Gasteiger partial charge in [0.25, 0.3) is 0 Å². The van der Waals surface area contributed by atoms with Crippen LogP contribution in [-0.2, 0) is 9.47 Å². The molecule has 1 aliphatic heterocycles. The Bertz CT molecular complexity index is 238. The smallest absolute Gasteiger partial charge is 0.407 e. The molecule has 1 fully saturated rings. The Kier molecular flexibility index (Phi) is 4.56. The van der Waals surface area contributed by atoms with Crippen LogP contribution in [0.15, 0.2) is 0 Å². The highest BCUT2D eigenvalue weighted by Crippen LogP contribution is 2.07. The summed E-state index contributed by atoms with van der Waals surface area (Å²) in [6.45, 7) is 9.60. The fraction of sp³-hybridized carbons (Fsp3) is 0.909. The number of carbonyl (C=O) groups excluding carboxylic acids is 1. The van der Waals surface area contributed by atoms with E-state index in [1.54, 1.807) is 0 Å². The molecule has 0 spiro atoms. The van der Waals surface area contributed by atoms with Gasteiger partial charge in [-0.1, -0.05) is 0 Å². The molecule has 5 heteroatoms. The summed E-state index contributed by atoms with van der Waals surface area (Å²) in [7, 11) is 0. The third-order valence-corrected chi connectivity index (χ3v) is 2.32. The van der Waals surface area contributed by atoms with Crippen LogP contribution in [0.5, 0.6) is 0 Å². The number of hydrogen-bond donors (Lipinski definition) is 2. The lowest BCUT2D eigenvalue weighted by molar-refractivity contribution is 0.00649. The molecule has 0 aliphatic carbocycles. The maximum Gasteiger partial charge on any atom is 0.407 e. The summed E-state index contributed by atoms with van der Waals surface area (Å²) >= 11 is 0. The van der Waals surface area contributed by atoms with Crippen molar-refractivity contribution in [1.82, 2.24) is 10.6 Å². The van der Waals surface area contributed by atoms with Gasteiger partial charge >= 0.3 is 6.09 Å². The first-order valence-corrected chi connectivity index (χ1v) is 5.70. The predicted octanol–water partition coefficient (Wildman–Crippen LogP) is 0.888. The van der Waals surface area contributed by atoms with Gasteiger partial charge in [0.1, 0.15) is 5.60 Å². The number of alkyl carbamates (subject to hydrolysis) is 1. The third-order valence-electron chi connectivity index (χ3n) is 2.32. The summed E-state index contributed by atoms with van der Waals surface area (Å²) < 4.78 is 10.6. The van der Waals surface area contributed by atoms with Gasteiger partial charge in [-0.2, -0.15) is 0 Å². The van der Waals surface area contributed by atoms with Gasteiger partial charge < -0.3 is 20.1 Å². The normalized spacial score (nSPS) is 26.2. The van der Waals surface area contributed by atoms with Crippen LogP contribution in [0.1, 0.15) is 27.7 Å². The van der Waals surface area contributed by atoms with E-state index in [4.69, 9.17) is 9.47 Å². The average molecular weight is 230 g/mol. The molecule has 2 atom stereocenters. The maximum absolute atomic E-state index is 11.4. The van der Waals surface area contributed by atoms with E-state index in [1.807, 2.05) is 27.7 Å². The Morgan fingerprint density at radius 3 is 2.81 bits per heavy atom. The molecule has 1 rings (SSSR count). The van der Waals surface area contributed by atoms with Gasteiger partial charge in [0.2, 0.25) is 0 Å². The van der Waals surface area contributed by atoms with Crippen LogP contribution in [0.25, 0.3) is 0 Å². The summed E-state index contributed by atoms with van der Waals surface area (Å²) in [6, 6.07) is 0.154. The number of hydrogen-bond acceptors (Lipinski definition) is 4. The van der Waals surface area contributed by atoms with Gasteiger partial charge in [-0.25, -0.2) is 4.79 Å². The Labute approximate surface area is 96.9 Å². The van der Waals surface area contributed by atoms with Crippen LogP contribution in [0, 0.1) is 0 Å². The van der Waals surface area contributed by atoms with E-state index in [-0.39, 0.29) is 18.2 Å². The SMILES string of the molecule is C[C@@H]1OCCN[C@H]1CNC(=O)OC(C)(C)C. The maximum atomic E-state index is 11.4. The van der Waals surface area contributed by atoms with Gasteiger partial charge in [-0.05, 0) is 27.7 Å². The average Bonchev–Trinajstić information content (AvgIpc) is 2.14. The van der Waals surface area contributed by atoms with Gasteiger partial charge in [0.05, 0.1) is 18.8 Å². The molecule has 0 bridgehead atoms. The van der Waals surface area contributed by atoms with Crippen LogP contribution >= 0.6 is 0 Å². The molecular weight excluding hydrogens is 208 g/mol. The summed E-state index contributed by atoms with van der Waals surface area (Å²) in [4.78, 5) is 11.4. The molecule has 1 aliphatic rings. The van der Waals surface area contributed by atoms with Crippen LogP contribution in [0.2, 0.25) is 0 Å². The van der Waals surface area contributed by atoms with Crippen molar-refractivity contribution in [2.24, 2.45) is 0 Å². The monoisotopic (exact) mass is 230 g/mol. The van der Waals surface area contributed by atoms with Crippen LogP contribution < -0.4 is 10.6 Å². The van der Waals surface area contributed by atoms with Crippen LogP contribution in [-0.4, -0.2) is 43.5 Å². The van der Waals surface area contributed by atoms with E-state index < -0.39 is 5.60 Å². The van der Waals surface area contributed by atoms with Crippen molar-refractivity contribution in [2.45, 2.75) is 45.4 Å². The summed E-state index contributed by atoms with van der Waals surface area (Å²) in [6.07, 6.45) is -0.268. The molecule has 1 saturated heterocycles. The highest BCUT2D eigenvalue weighted by atomic mass is 16.6. The van der Waals surface area contributed by atoms with E-state index in [2.05, 4.69) is 10.6 Å². The van der Waals surface area contributed by atoms with Crippen LogP contribution in [0.3, 0.4) is 0 Å². The van der Waals surface area contributed by atoms with Gasteiger partial charge in [-0.15, -0.1) is 0 Å². The Morgan fingerprint density at radius 1 is 1.56 bits per heavy atom. The summed E-state index contributed by atoms with van der Waals surface area (Å²) in [5, 5.41) is 6.03. The van der Waals surface area contributed by atoms with Crippen molar-refractivity contribution in [1.29, 1.82) is 0 Å². The second-order valence-corrected chi connectivity index (χ2v) is 5.02. The largest absolute Gasteiger partial charge is 0.444 e. The minimum absolute atomic E-state index is 0.115. The molecule has 2 N–H and O–H groups in total. The van der Waals surface area contributed by atoms with Gasteiger partial charge in [-0.3, -0.25) is 0 Å². The van der Waals surface area contributed by atoms with E-state index in [9.17, 15) is 4.79 Å². The number of rotatable bonds is 2. The fourth-order valence-electron chi connectivity index (χ4n) is 1.52. The topological polar surface area (TPSA) is 59.6 Å². The molecule has 0 unspecified atom stereocenters. The molecule has 0 saturated carbocycles. The lowest BCUT2D eigenvalue weighted by Gasteiger charge is -2.30. The van der Waals surface area contributed by atoms with E-state index in [0.29, 0.717) is 6.54 Å². The zero-order chi connectivity index (χ0) is 12.2.